The first kappa shape index (κ1) is 5.13. The molecule has 1 aliphatic carbocycles. The molecule has 7 heavy (non-hydrogen) atoms. The molecule has 1 unspecified atom stereocenters. The molecule has 1 rings (SSSR count). The van der Waals surface area contributed by atoms with Gasteiger partial charge in [0.15, 0.2) is 0 Å². The standard InChI is InChI=1S/C6H7.Co/c1-6-4-2-3-5-6;/h2-4,6H,1H3;. The van der Waals surface area contributed by atoms with Crippen molar-refractivity contribution in [2.45, 2.75) is 6.92 Å². The summed E-state index contributed by atoms with van der Waals surface area (Å²) in [5, 5.41) is 0. The van der Waals surface area contributed by atoms with Crippen LogP contribution in [0.15, 0.2) is 22.7 Å². The predicted octanol–water partition coefficient (Wildman–Crippen LogP) is 1.62. The second kappa shape index (κ2) is 1.84. The Bertz CT molecular complexity index is 122. The molecule has 0 aliphatic heterocycles. The minimum absolute atomic E-state index is 0.556. The van der Waals surface area contributed by atoms with Gasteiger partial charge in [0.25, 0.3) is 0 Å². The van der Waals surface area contributed by atoms with Crippen molar-refractivity contribution in [3.05, 3.63) is 22.7 Å². The molecule has 40 valence electrons. The molecule has 1 atom stereocenters. The van der Waals surface area contributed by atoms with E-state index in [1.807, 2.05) is 12.2 Å². The van der Waals surface area contributed by atoms with Gasteiger partial charge in [-0.3, -0.25) is 0 Å². The van der Waals surface area contributed by atoms with E-state index in [0.717, 1.165) is 4.51 Å². The number of allylic oxidation sites excluding steroid dienone is 4. The zero-order valence-electron chi connectivity index (χ0n) is 4.14. The SMILES string of the molecule is CC1C=CC=[C]1[Co]. The van der Waals surface area contributed by atoms with Gasteiger partial charge in [0.05, 0.1) is 0 Å². The fourth-order valence-electron chi connectivity index (χ4n) is 0.549. The third-order valence-electron chi connectivity index (χ3n) is 1.06. The molecule has 0 N–H and O–H groups in total. The molecule has 0 amide bonds. The molecule has 0 heterocycles. The monoisotopic (exact) mass is 138 g/mol. The van der Waals surface area contributed by atoms with E-state index in [1.54, 1.807) is 0 Å². The Balaban J connectivity index is 2.69. The van der Waals surface area contributed by atoms with E-state index in [9.17, 15) is 0 Å². The van der Waals surface area contributed by atoms with Crippen LogP contribution in [0.3, 0.4) is 0 Å². The third kappa shape index (κ3) is 0.954. The summed E-state index contributed by atoms with van der Waals surface area (Å²) < 4.78 is 1.16. The molecule has 0 aromatic rings. The molecule has 0 nitrogen and oxygen atoms in total. The van der Waals surface area contributed by atoms with Crippen LogP contribution in [0.4, 0.5) is 0 Å². The van der Waals surface area contributed by atoms with Crippen molar-refractivity contribution in [3.8, 4) is 0 Å². The average Bonchev–Trinajstić information content (AvgIpc) is 1.91. The van der Waals surface area contributed by atoms with Gasteiger partial charge in [-0.25, -0.2) is 0 Å². The normalized spacial score (nSPS) is 28.4. The second-order valence-electron chi connectivity index (χ2n) is 1.70. The van der Waals surface area contributed by atoms with Crippen LogP contribution in [0.1, 0.15) is 6.92 Å². The summed E-state index contributed by atoms with van der Waals surface area (Å²) in [6.45, 7) is 2.13. The molecular weight excluding hydrogens is 131 g/mol. The molecule has 0 bridgehead atoms. The van der Waals surface area contributed by atoms with Crippen molar-refractivity contribution in [1.29, 1.82) is 0 Å². The zero-order chi connectivity index (χ0) is 5.28. The van der Waals surface area contributed by atoms with E-state index in [1.165, 1.54) is 0 Å². The third-order valence-corrected chi connectivity index (χ3v) is 1.71. The van der Waals surface area contributed by atoms with Gasteiger partial charge < -0.3 is 0 Å². The number of rotatable bonds is 0. The van der Waals surface area contributed by atoms with Crippen LogP contribution in [0.25, 0.3) is 0 Å². The molecule has 0 saturated heterocycles. The Morgan fingerprint density at radius 1 is 1.71 bits per heavy atom. The van der Waals surface area contributed by atoms with Crippen LogP contribution in [0.5, 0.6) is 0 Å². The fourth-order valence-corrected chi connectivity index (χ4v) is 0.750. The molecular formula is C6H7Co. The zero-order valence-corrected chi connectivity index (χ0v) is 5.18. The maximum atomic E-state index is 4.23. The first-order valence-corrected chi connectivity index (χ1v) is 2.84. The van der Waals surface area contributed by atoms with E-state index in [-0.39, 0.29) is 0 Å². The van der Waals surface area contributed by atoms with Gasteiger partial charge >= 0.3 is 51.3 Å². The van der Waals surface area contributed by atoms with Crippen molar-refractivity contribution in [3.63, 3.8) is 0 Å². The molecule has 0 radical (unpaired) electrons. The van der Waals surface area contributed by atoms with E-state index in [4.69, 9.17) is 0 Å². The minimum atomic E-state index is 0.556. The van der Waals surface area contributed by atoms with Crippen molar-refractivity contribution >= 4 is 0 Å². The molecule has 0 aromatic heterocycles. The van der Waals surface area contributed by atoms with Crippen LogP contribution in [-0.2, 0) is 15.7 Å². The summed E-state index contributed by atoms with van der Waals surface area (Å²) in [4.78, 5) is 0. The predicted molar refractivity (Wildman–Crippen MR) is 26.4 cm³/mol. The van der Waals surface area contributed by atoms with Crippen molar-refractivity contribution in [2.24, 2.45) is 5.92 Å². The van der Waals surface area contributed by atoms with Gasteiger partial charge in [0.2, 0.25) is 0 Å². The Morgan fingerprint density at radius 2 is 2.43 bits per heavy atom. The van der Waals surface area contributed by atoms with Gasteiger partial charge in [-0.1, -0.05) is 0 Å². The van der Waals surface area contributed by atoms with E-state index in [0.29, 0.717) is 5.92 Å². The molecule has 1 aliphatic rings. The van der Waals surface area contributed by atoms with Gasteiger partial charge in [0, 0.05) is 0 Å². The van der Waals surface area contributed by atoms with Crippen molar-refractivity contribution in [1.82, 2.24) is 0 Å². The van der Waals surface area contributed by atoms with E-state index < -0.39 is 0 Å². The Kier molecular flexibility index (Phi) is 1.35. The van der Waals surface area contributed by atoms with Crippen LogP contribution in [0.2, 0.25) is 0 Å². The van der Waals surface area contributed by atoms with Crippen LogP contribution < -0.4 is 0 Å². The van der Waals surface area contributed by atoms with Crippen molar-refractivity contribution in [2.75, 3.05) is 0 Å². The number of hydrogen-bond donors (Lipinski definition) is 0. The summed E-state index contributed by atoms with van der Waals surface area (Å²) in [5.74, 6) is 0.556. The quantitative estimate of drug-likeness (QED) is 0.477. The van der Waals surface area contributed by atoms with Crippen LogP contribution in [-0.4, -0.2) is 0 Å². The maximum absolute atomic E-state index is 4.23. The summed E-state index contributed by atoms with van der Waals surface area (Å²) in [6, 6.07) is 0. The molecule has 0 aromatic carbocycles. The Labute approximate surface area is 51.9 Å². The first-order chi connectivity index (χ1) is 3.30. The van der Waals surface area contributed by atoms with E-state index >= 15 is 0 Å². The van der Waals surface area contributed by atoms with E-state index in [2.05, 4.69) is 28.7 Å². The average molecular weight is 138 g/mol. The first-order valence-electron chi connectivity index (χ1n) is 2.32. The Morgan fingerprint density at radius 3 is 2.57 bits per heavy atom. The molecule has 0 spiro atoms. The van der Waals surface area contributed by atoms with Crippen molar-refractivity contribution < 1.29 is 15.7 Å². The van der Waals surface area contributed by atoms with Gasteiger partial charge in [0.1, 0.15) is 0 Å². The van der Waals surface area contributed by atoms with Gasteiger partial charge in [-0.05, 0) is 0 Å². The Hall–Kier alpha value is -0.0135. The molecule has 1 heteroatoms. The summed E-state index contributed by atoms with van der Waals surface area (Å²) in [5.41, 5.74) is 0. The van der Waals surface area contributed by atoms with Crippen LogP contribution >= 0.6 is 0 Å². The fraction of sp³-hybridized carbons (Fsp3) is 0.333. The van der Waals surface area contributed by atoms with Crippen LogP contribution in [0, 0.1) is 5.92 Å². The number of hydrogen-bond acceptors (Lipinski definition) is 0. The topological polar surface area (TPSA) is 0 Å². The summed E-state index contributed by atoms with van der Waals surface area (Å²) in [7, 11) is 0. The summed E-state index contributed by atoms with van der Waals surface area (Å²) in [6.07, 6.45) is 6.18. The second-order valence-corrected chi connectivity index (χ2v) is 2.30. The van der Waals surface area contributed by atoms with Gasteiger partial charge in [-0.15, -0.1) is 0 Å². The summed E-state index contributed by atoms with van der Waals surface area (Å²) >= 11 is 4.23. The molecule has 0 saturated carbocycles. The van der Waals surface area contributed by atoms with Gasteiger partial charge in [-0.2, -0.15) is 0 Å². The molecule has 0 fully saturated rings.